The molecule has 98 valence electrons. The fourth-order valence-corrected chi connectivity index (χ4v) is 1.68. The highest BCUT2D eigenvalue weighted by Gasteiger charge is 2.00. The minimum absolute atomic E-state index is 0.364. The molecule has 0 saturated carbocycles. The second-order valence-corrected chi connectivity index (χ2v) is 4.01. The van der Waals surface area contributed by atoms with Gasteiger partial charge in [-0.2, -0.15) is 0 Å². The van der Waals surface area contributed by atoms with E-state index in [2.05, 4.69) is 10.6 Å². The molecule has 0 radical (unpaired) electrons. The summed E-state index contributed by atoms with van der Waals surface area (Å²) in [5.74, 6) is 0. The van der Waals surface area contributed by atoms with Crippen molar-refractivity contribution in [3.8, 4) is 0 Å². The first-order chi connectivity index (χ1) is 8.65. The van der Waals surface area contributed by atoms with Gasteiger partial charge in [-0.1, -0.05) is 0 Å². The van der Waals surface area contributed by atoms with Crippen molar-refractivity contribution in [3.05, 3.63) is 24.3 Å². The zero-order valence-corrected chi connectivity index (χ0v) is 12.0. The molecule has 0 heterocycles. The number of anilines is 2. The van der Waals surface area contributed by atoms with E-state index >= 15 is 0 Å². The number of hydrogen-bond acceptors (Lipinski definition) is 4. The van der Waals surface area contributed by atoms with E-state index in [1.807, 2.05) is 38.1 Å². The average molecular weight is 284 g/mol. The van der Waals surface area contributed by atoms with Crippen molar-refractivity contribution in [2.75, 3.05) is 23.8 Å². The van der Waals surface area contributed by atoms with Crippen molar-refractivity contribution in [1.29, 1.82) is 0 Å². The number of nitrogens with one attached hydrogen (secondary N) is 2. The van der Waals surface area contributed by atoms with Crippen molar-refractivity contribution >= 4 is 46.2 Å². The molecule has 0 aliphatic carbocycles. The van der Waals surface area contributed by atoms with Crippen molar-refractivity contribution in [3.63, 3.8) is 0 Å². The maximum absolute atomic E-state index is 5.14. The Labute approximate surface area is 118 Å². The van der Waals surface area contributed by atoms with Gasteiger partial charge < -0.3 is 20.1 Å². The van der Waals surface area contributed by atoms with Crippen molar-refractivity contribution in [2.45, 2.75) is 13.8 Å². The summed E-state index contributed by atoms with van der Waals surface area (Å²) < 4.78 is 10.3. The normalized spacial score (nSPS) is 9.44. The Morgan fingerprint density at radius 1 is 0.889 bits per heavy atom. The molecule has 0 unspecified atom stereocenters. The molecule has 1 rings (SSSR count). The fraction of sp³-hybridized carbons (Fsp3) is 0.333. The zero-order valence-electron chi connectivity index (χ0n) is 10.4. The van der Waals surface area contributed by atoms with Crippen molar-refractivity contribution in [2.24, 2.45) is 0 Å². The van der Waals surface area contributed by atoms with Crippen LogP contribution in [0, 0.1) is 0 Å². The van der Waals surface area contributed by atoms with Crippen LogP contribution in [0.15, 0.2) is 24.3 Å². The first kappa shape index (κ1) is 14.7. The van der Waals surface area contributed by atoms with E-state index < -0.39 is 0 Å². The van der Waals surface area contributed by atoms with E-state index in [-0.39, 0.29) is 0 Å². The highest BCUT2D eigenvalue weighted by molar-refractivity contribution is 7.80. The van der Waals surface area contributed by atoms with Gasteiger partial charge in [0.05, 0.1) is 13.2 Å². The largest absolute Gasteiger partial charge is 0.471 e. The van der Waals surface area contributed by atoms with Crippen LogP contribution in [0.1, 0.15) is 13.8 Å². The first-order valence-corrected chi connectivity index (χ1v) is 6.45. The molecular formula is C12H16N2O2S2. The molecule has 0 amide bonds. The Hall–Kier alpha value is -1.40. The van der Waals surface area contributed by atoms with E-state index in [9.17, 15) is 0 Å². The van der Waals surface area contributed by atoms with Crippen LogP contribution in [-0.2, 0) is 9.47 Å². The average Bonchev–Trinajstić information content (AvgIpc) is 2.32. The third-order valence-corrected chi connectivity index (χ3v) is 2.37. The monoisotopic (exact) mass is 284 g/mol. The van der Waals surface area contributed by atoms with Crippen LogP contribution < -0.4 is 10.6 Å². The summed E-state index contributed by atoms with van der Waals surface area (Å²) in [6.07, 6.45) is 0. The maximum atomic E-state index is 5.14. The summed E-state index contributed by atoms with van der Waals surface area (Å²) in [5.41, 5.74) is 1.72. The predicted molar refractivity (Wildman–Crippen MR) is 82.1 cm³/mol. The third kappa shape index (κ3) is 5.29. The van der Waals surface area contributed by atoms with Gasteiger partial charge in [0, 0.05) is 11.4 Å². The molecule has 0 spiro atoms. The highest BCUT2D eigenvalue weighted by Crippen LogP contribution is 2.14. The van der Waals surface area contributed by atoms with Crippen LogP contribution in [0.25, 0.3) is 0 Å². The Morgan fingerprint density at radius 2 is 1.22 bits per heavy atom. The first-order valence-electron chi connectivity index (χ1n) is 5.63. The summed E-state index contributed by atoms with van der Waals surface area (Å²) in [7, 11) is 0. The summed E-state index contributed by atoms with van der Waals surface area (Å²) in [4.78, 5) is 0. The second-order valence-electron chi connectivity index (χ2n) is 3.27. The van der Waals surface area contributed by atoms with Crippen LogP contribution in [0.3, 0.4) is 0 Å². The van der Waals surface area contributed by atoms with E-state index in [1.54, 1.807) is 0 Å². The van der Waals surface area contributed by atoms with Crippen molar-refractivity contribution < 1.29 is 9.47 Å². The molecular weight excluding hydrogens is 268 g/mol. The van der Waals surface area contributed by atoms with Crippen LogP contribution in [-0.4, -0.2) is 23.6 Å². The molecule has 4 nitrogen and oxygen atoms in total. The van der Waals surface area contributed by atoms with Gasteiger partial charge in [0.1, 0.15) is 0 Å². The number of thiocarbonyl (C=S) groups is 2. The predicted octanol–water partition coefficient (Wildman–Crippen LogP) is 3.15. The van der Waals surface area contributed by atoms with Gasteiger partial charge in [0.25, 0.3) is 10.3 Å². The molecule has 1 aromatic carbocycles. The minimum Gasteiger partial charge on any atom is -0.471 e. The van der Waals surface area contributed by atoms with Crippen molar-refractivity contribution in [1.82, 2.24) is 0 Å². The molecule has 1 aromatic rings. The Balaban J connectivity index is 2.52. The quantitative estimate of drug-likeness (QED) is 0.828. The summed E-state index contributed by atoms with van der Waals surface area (Å²) >= 11 is 9.97. The maximum Gasteiger partial charge on any atom is 0.261 e. The van der Waals surface area contributed by atoms with E-state index in [0.717, 1.165) is 11.4 Å². The van der Waals surface area contributed by atoms with Gasteiger partial charge in [-0.15, -0.1) is 0 Å². The number of ether oxygens (including phenoxy) is 2. The van der Waals surface area contributed by atoms with Gasteiger partial charge in [0.2, 0.25) is 0 Å². The van der Waals surface area contributed by atoms with Crippen LogP contribution in [0.4, 0.5) is 11.4 Å². The minimum atomic E-state index is 0.364. The Bertz CT molecular complexity index is 368. The molecule has 0 aromatic heterocycles. The summed E-state index contributed by atoms with van der Waals surface area (Å²) in [5, 5.41) is 6.66. The van der Waals surface area contributed by atoms with Gasteiger partial charge in [-0.25, -0.2) is 0 Å². The molecule has 0 aliphatic heterocycles. The van der Waals surface area contributed by atoms with E-state index in [0.29, 0.717) is 23.6 Å². The SMILES string of the molecule is CCOC(=S)Nc1ccc(NC(=S)OCC)cc1. The smallest absolute Gasteiger partial charge is 0.261 e. The zero-order chi connectivity index (χ0) is 13.4. The molecule has 0 atom stereocenters. The lowest BCUT2D eigenvalue weighted by atomic mass is 10.3. The molecule has 0 saturated heterocycles. The Kier molecular flexibility index (Phi) is 6.38. The lowest BCUT2D eigenvalue weighted by molar-refractivity contribution is 0.335. The molecule has 0 fully saturated rings. The van der Waals surface area contributed by atoms with Crippen LogP contribution in [0.5, 0.6) is 0 Å². The lowest BCUT2D eigenvalue weighted by Gasteiger charge is -2.10. The molecule has 0 bridgehead atoms. The molecule has 0 aliphatic rings. The van der Waals surface area contributed by atoms with Crippen LogP contribution >= 0.6 is 24.4 Å². The van der Waals surface area contributed by atoms with Gasteiger partial charge in [-0.3, -0.25) is 0 Å². The second kappa shape index (κ2) is 7.84. The number of benzene rings is 1. The van der Waals surface area contributed by atoms with Gasteiger partial charge in [-0.05, 0) is 62.5 Å². The van der Waals surface area contributed by atoms with Gasteiger partial charge in [0.15, 0.2) is 0 Å². The number of rotatable bonds is 4. The molecule has 2 N–H and O–H groups in total. The topological polar surface area (TPSA) is 42.5 Å². The molecule has 18 heavy (non-hydrogen) atoms. The summed E-state index contributed by atoms with van der Waals surface area (Å²) in [6, 6.07) is 7.51. The van der Waals surface area contributed by atoms with E-state index in [1.165, 1.54) is 0 Å². The Morgan fingerprint density at radius 3 is 1.50 bits per heavy atom. The summed E-state index contributed by atoms with van der Waals surface area (Å²) in [6.45, 7) is 4.87. The van der Waals surface area contributed by atoms with E-state index in [4.69, 9.17) is 33.9 Å². The standard InChI is InChI=1S/C12H16N2O2S2/c1-3-15-11(17)13-9-5-7-10(8-6-9)14-12(18)16-4-2/h5-8H,3-4H2,1-2H3,(H,13,17)(H,14,18). The highest BCUT2D eigenvalue weighted by atomic mass is 32.1. The number of hydrogen-bond donors (Lipinski definition) is 2. The lowest BCUT2D eigenvalue weighted by Crippen LogP contribution is -2.14. The van der Waals surface area contributed by atoms with Crippen LogP contribution in [0.2, 0.25) is 0 Å². The third-order valence-electron chi connectivity index (χ3n) is 1.93. The molecule has 6 heteroatoms. The fourth-order valence-electron chi connectivity index (χ4n) is 1.21. The van der Waals surface area contributed by atoms with Gasteiger partial charge >= 0.3 is 0 Å².